The summed E-state index contributed by atoms with van der Waals surface area (Å²) in [4.78, 5) is 0. The molecule has 0 aliphatic heterocycles. The average Bonchev–Trinajstić information content (AvgIpc) is 2.34. The van der Waals surface area contributed by atoms with Gasteiger partial charge in [-0.05, 0) is 63.1 Å². The maximum Gasteiger partial charge on any atom is 0.119 e. The van der Waals surface area contributed by atoms with Gasteiger partial charge in [-0.2, -0.15) is 0 Å². The maximum atomic E-state index is 6.14. The smallest absolute Gasteiger partial charge is 0.119 e. The molecule has 1 aliphatic carbocycles. The zero-order chi connectivity index (χ0) is 16.4. The van der Waals surface area contributed by atoms with E-state index in [4.69, 9.17) is 4.74 Å². The van der Waals surface area contributed by atoms with Gasteiger partial charge in [-0.15, -0.1) is 0 Å². The molecule has 0 bridgehead atoms. The first-order valence-corrected chi connectivity index (χ1v) is 8.70. The van der Waals surface area contributed by atoms with Gasteiger partial charge in [-0.1, -0.05) is 39.3 Å². The zero-order valence-electron chi connectivity index (χ0n) is 15.2. The number of hydrogen-bond donors (Lipinski definition) is 1. The Hall–Kier alpha value is -1.02. The Bertz CT molecular complexity index is 481. The van der Waals surface area contributed by atoms with E-state index in [0.717, 1.165) is 25.0 Å². The molecule has 0 heterocycles. The highest BCUT2D eigenvalue weighted by atomic mass is 16.5. The van der Waals surface area contributed by atoms with Crippen LogP contribution in [-0.4, -0.2) is 17.7 Å². The summed E-state index contributed by atoms with van der Waals surface area (Å²) in [6.07, 6.45) is 4.90. The van der Waals surface area contributed by atoms with Gasteiger partial charge in [-0.3, -0.25) is 0 Å². The fourth-order valence-electron chi connectivity index (χ4n) is 2.99. The number of hydrogen-bond acceptors (Lipinski definition) is 2. The summed E-state index contributed by atoms with van der Waals surface area (Å²) < 4.78 is 6.14. The normalized spacial score (nSPS) is 22.3. The standard InChI is InChI=1S/C20H33NO/c1-7-20(5,6)14-15-9-8-10-17(11-15)22-18-12-16(13-18)21-19(2,3)4/h8-11,16,18,21H,7,12-14H2,1-6H3. The van der Waals surface area contributed by atoms with E-state index in [9.17, 15) is 0 Å². The van der Waals surface area contributed by atoms with E-state index in [1.807, 2.05) is 0 Å². The molecule has 0 radical (unpaired) electrons. The van der Waals surface area contributed by atoms with E-state index in [0.29, 0.717) is 17.6 Å². The molecule has 124 valence electrons. The summed E-state index contributed by atoms with van der Waals surface area (Å²) in [5, 5.41) is 3.64. The molecule has 1 N–H and O–H groups in total. The van der Waals surface area contributed by atoms with Gasteiger partial charge in [-0.25, -0.2) is 0 Å². The van der Waals surface area contributed by atoms with Crippen LogP contribution in [0.1, 0.15) is 66.4 Å². The summed E-state index contributed by atoms with van der Waals surface area (Å²) in [6, 6.07) is 9.26. The van der Waals surface area contributed by atoms with Crippen molar-refractivity contribution in [3.05, 3.63) is 29.8 Å². The van der Waals surface area contributed by atoms with Crippen LogP contribution in [0.2, 0.25) is 0 Å². The van der Waals surface area contributed by atoms with Crippen molar-refractivity contribution in [1.29, 1.82) is 0 Å². The fraction of sp³-hybridized carbons (Fsp3) is 0.700. The van der Waals surface area contributed by atoms with E-state index in [1.54, 1.807) is 0 Å². The number of rotatable bonds is 6. The van der Waals surface area contributed by atoms with Crippen molar-refractivity contribution in [1.82, 2.24) is 5.32 Å². The third kappa shape index (κ3) is 5.31. The molecule has 0 saturated heterocycles. The van der Waals surface area contributed by atoms with Crippen molar-refractivity contribution in [2.45, 2.75) is 84.9 Å². The van der Waals surface area contributed by atoms with Crippen molar-refractivity contribution in [2.24, 2.45) is 5.41 Å². The molecule has 0 aromatic heterocycles. The second-order valence-electron chi connectivity index (χ2n) is 8.64. The lowest BCUT2D eigenvalue weighted by atomic mass is 9.83. The highest BCUT2D eigenvalue weighted by Crippen LogP contribution is 2.30. The summed E-state index contributed by atoms with van der Waals surface area (Å²) in [5.41, 5.74) is 1.94. The lowest BCUT2D eigenvalue weighted by Crippen LogP contribution is -2.53. The van der Waals surface area contributed by atoms with Crippen LogP contribution in [0, 0.1) is 5.41 Å². The Morgan fingerprint density at radius 3 is 2.41 bits per heavy atom. The molecule has 2 rings (SSSR count). The van der Waals surface area contributed by atoms with Gasteiger partial charge in [0.1, 0.15) is 11.9 Å². The van der Waals surface area contributed by atoms with Crippen LogP contribution in [-0.2, 0) is 6.42 Å². The van der Waals surface area contributed by atoms with Crippen LogP contribution in [0.4, 0.5) is 0 Å². The third-order valence-electron chi connectivity index (χ3n) is 4.57. The monoisotopic (exact) mass is 303 g/mol. The molecule has 2 nitrogen and oxygen atoms in total. The molecule has 1 fully saturated rings. The van der Waals surface area contributed by atoms with Crippen LogP contribution in [0.25, 0.3) is 0 Å². The van der Waals surface area contributed by atoms with Crippen molar-refractivity contribution in [3.8, 4) is 5.75 Å². The second kappa shape index (κ2) is 6.62. The second-order valence-corrected chi connectivity index (χ2v) is 8.64. The summed E-state index contributed by atoms with van der Waals surface area (Å²) >= 11 is 0. The molecule has 22 heavy (non-hydrogen) atoms. The van der Waals surface area contributed by atoms with Gasteiger partial charge in [0.2, 0.25) is 0 Å². The van der Waals surface area contributed by atoms with E-state index >= 15 is 0 Å². The van der Waals surface area contributed by atoms with E-state index in [2.05, 4.69) is 71.1 Å². The van der Waals surface area contributed by atoms with Crippen molar-refractivity contribution in [2.75, 3.05) is 0 Å². The molecular weight excluding hydrogens is 270 g/mol. The number of benzene rings is 1. The molecule has 0 amide bonds. The molecule has 1 saturated carbocycles. The SMILES string of the molecule is CCC(C)(C)Cc1cccc(OC2CC(NC(C)(C)C)C2)c1. The minimum Gasteiger partial charge on any atom is -0.490 e. The Labute approximate surface area is 136 Å². The average molecular weight is 303 g/mol. The van der Waals surface area contributed by atoms with E-state index in [1.165, 1.54) is 12.0 Å². The first-order chi connectivity index (χ1) is 10.2. The number of nitrogens with one attached hydrogen (secondary N) is 1. The van der Waals surface area contributed by atoms with Gasteiger partial charge < -0.3 is 10.1 Å². The summed E-state index contributed by atoms with van der Waals surface area (Å²) in [7, 11) is 0. The molecular formula is C20H33NO. The lowest BCUT2D eigenvalue weighted by molar-refractivity contribution is 0.0733. The Morgan fingerprint density at radius 1 is 1.14 bits per heavy atom. The summed E-state index contributed by atoms with van der Waals surface area (Å²) in [5.74, 6) is 1.03. The predicted octanol–water partition coefficient (Wildman–Crippen LogP) is 4.96. The van der Waals surface area contributed by atoms with Gasteiger partial charge >= 0.3 is 0 Å². The minimum atomic E-state index is 0.196. The quantitative estimate of drug-likeness (QED) is 0.801. The van der Waals surface area contributed by atoms with Crippen LogP contribution < -0.4 is 10.1 Å². The Kier molecular flexibility index (Phi) is 5.21. The topological polar surface area (TPSA) is 21.3 Å². The highest BCUT2D eigenvalue weighted by Gasteiger charge is 2.33. The Morgan fingerprint density at radius 2 is 1.82 bits per heavy atom. The zero-order valence-corrected chi connectivity index (χ0v) is 15.2. The molecule has 1 aliphatic rings. The van der Waals surface area contributed by atoms with Crippen molar-refractivity contribution < 1.29 is 4.74 Å². The minimum absolute atomic E-state index is 0.196. The Balaban J connectivity index is 1.85. The van der Waals surface area contributed by atoms with Crippen molar-refractivity contribution in [3.63, 3.8) is 0 Å². The van der Waals surface area contributed by atoms with Crippen LogP contribution in [0.15, 0.2) is 24.3 Å². The largest absolute Gasteiger partial charge is 0.490 e. The number of ether oxygens (including phenoxy) is 1. The fourth-order valence-corrected chi connectivity index (χ4v) is 2.99. The third-order valence-corrected chi connectivity index (χ3v) is 4.57. The molecule has 0 spiro atoms. The molecule has 2 heteroatoms. The first kappa shape index (κ1) is 17.3. The van der Waals surface area contributed by atoms with Crippen LogP contribution >= 0.6 is 0 Å². The van der Waals surface area contributed by atoms with Crippen molar-refractivity contribution >= 4 is 0 Å². The highest BCUT2D eigenvalue weighted by molar-refractivity contribution is 5.29. The molecule has 1 aromatic carbocycles. The predicted molar refractivity (Wildman–Crippen MR) is 94.5 cm³/mol. The molecule has 1 aromatic rings. The van der Waals surface area contributed by atoms with Gasteiger partial charge in [0.05, 0.1) is 0 Å². The molecule has 0 unspecified atom stereocenters. The summed E-state index contributed by atoms with van der Waals surface area (Å²) in [6.45, 7) is 13.6. The van der Waals surface area contributed by atoms with E-state index < -0.39 is 0 Å². The first-order valence-electron chi connectivity index (χ1n) is 8.70. The van der Waals surface area contributed by atoms with Gasteiger partial charge in [0, 0.05) is 11.6 Å². The van der Waals surface area contributed by atoms with Gasteiger partial charge in [0.15, 0.2) is 0 Å². The van der Waals surface area contributed by atoms with Crippen LogP contribution in [0.3, 0.4) is 0 Å². The van der Waals surface area contributed by atoms with E-state index in [-0.39, 0.29) is 5.54 Å². The van der Waals surface area contributed by atoms with Crippen LogP contribution in [0.5, 0.6) is 5.75 Å². The lowest BCUT2D eigenvalue weighted by Gasteiger charge is -2.40. The molecule has 0 atom stereocenters. The van der Waals surface area contributed by atoms with Gasteiger partial charge in [0.25, 0.3) is 0 Å². The maximum absolute atomic E-state index is 6.14.